The van der Waals surface area contributed by atoms with Gasteiger partial charge in [-0.25, -0.2) is 0 Å². The molecule has 2 rings (SSSR count). The molecule has 142 valence electrons. The number of ketones is 1. The fourth-order valence-electron chi connectivity index (χ4n) is 2.12. The molecule has 0 bridgehead atoms. The van der Waals surface area contributed by atoms with Crippen molar-refractivity contribution in [3.63, 3.8) is 0 Å². The van der Waals surface area contributed by atoms with Crippen molar-refractivity contribution in [1.29, 1.82) is 0 Å². The van der Waals surface area contributed by atoms with Gasteiger partial charge in [0.2, 0.25) is 5.91 Å². The first-order valence-electron chi connectivity index (χ1n) is 8.60. The highest BCUT2D eigenvalue weighted by molar-refractivity contribution is 5.96. The summed E-state index contributed by atoms with van der Waals surface area (Å²) >= 11 is 0. The summed E-state index contributed by atoms with van der Waals surface area (Å²) in [4.78, 5) is 35.3. The molecule has 0 unspecified atom stereocenters. The Kier molecular flexibility index (Phi) is 6.34. The van der Waals surface area contributed by atoms with E-state index in [0.717, 1.165) is 0 Å². The van der Waals surface area contributed by atoms with Crippen molar-refractivity contribution < 1.29 is 19.1 Å². The maximum absolute atomic E-state index is 12.0. The monoisotopic (exact) mass is 368 g/mol. The fourth-order valence-corrected chi connectivity index (χ4v) is 2.12. The highest BCUT2D eigenvalue weighted by atomic mass is 16.5. The molecule has 6 nitrogen and oxygen atoms in total. The van der Waals surface area contributed by atoms with Crippen LogP contribution < -0.4 is 15.4 Å². The predicted molar refractivity (Wildman–Crippen MR) is 105 cm³/mol. The zero-order chi connectivity index (χ0) is 20.0. The SMILES string of the molecule is CC(=O)c1ccc(NC(=O)COc2cccc(NC(=O)C(C)(C)C)c2)cc1. The van der Waals surface area contributed by atoms with Gasteiger partial charge in [0.1, 0.15) is 5.75 Å². The molecule has 0 fully saturated rings. The van der Waals surface area contributed by atoms with Crippen molar-refractivity contribution in [1.82, 2.24) is 0 Å². The summed E-state index contributed by atoms with van der Waals surface area (Å²) in [5.41, 5.74) is 1.26. The Morgan fingerprint density at radius 2 is 1.59 bits per heavy atom. The molecule has 6 heteroatoms. The number of rotatable bonds is 6. The summed E-state index contributed by atoms with van der Waals surface area (Å²) in [5, 5.41) is 5.52. The van der Waals surface area contributed by atoms with Gasteiger partial charge in [-0.05, 0) is 43.3 Å². The lowest BCUT2D eigenvalue weighted by Gasteiger charge is -2.18. The van der Waals surface area contributed by atoms with Crippen LogP contribution >= 0.6 is 0 Å². The molecule has 2 amide bonds. The zero-order valence-electron chi connectivity index (χ0n) is 16.0. The highest BCUT2D eigenvalue weighted by Crippen LogP contribution is 2.21. The number of carbonyl (C=O) groups is 3. The predicted octanol–water partition coefficient (Wildman–Crippen LogP) is 3.89. The quantitative estimate of drug-likeness (QED) is 0.758. The maximum Gasteiger partial charge on any atom is 0.262 e. The largest absolute Gasteiger partial charge is 0.484 e. The molecule has 0 heterocycles. The number of hydrogen-bond acceptors (Lipinski definition) is 4. The molecule has 0 spiro atoms. The van der Waals surface area contributed by atoms with Gasteiger partial charge in [0.05, 0.1) is 0 Å². The van der Waals surface area contributed by atoms with Gasteiger partial charge in [-0.15, -0.1) is 0 Å². The molecule has 0 aliphatic rings. The minimum atomic E-state index is -0.505. The van der Waals surface area contributed by atoms with E-state index in [4.69, 9.17) is 4.74 Å². The minimum Gasteiger partial charge on any atom is -0.484 e. The number of hydrogen-bond donors (Lipinski definition) is 2. The molecule has 0 radical (unpaired) electrons. The van der Waals surface area contributed by atoms with Gasteiger partial charge in [-0.1, -0.05) is 26.8 Å². The first-order valence-corrected chi connectivity index (χ1v) is 8.60. The Hall–Kier alpha value is -3.15. The van der Waals surface area contributed by atoms with Gasteiger partial charge in [0, 0.05) is 28.4 Å². The number of anilines is 2. The summed E-state index contributed by atoms with van der Waals surface area (Å²) in [5.74, 6) is 0.0135. The minimum absolute atomic E-state index is 0.0327. The summed E-state index contributed by atoms with van der Waals surface area (Å²) in [6.07, 6.45) is 0. The van der Waals surface area contributed by atoms with Crippen molar-refractivity contribution in [2.45, 2.75) is 27.7 Å². The van der Waals surface area contributed by atoms with E-state index in [-0.39, 0.29) is 24.2 Å². The Bertz CT molecular complexity index is 836. The Morgan fingerprint density at radius 3 is 2.19 bits per heavy atom. The summed E-state index contributed by atoms with van der Waals surface area (Å²) < 4.78 is 5.49. The standard InChI is InChI=1S/C21H24N2O4/c1-14(24)15-8-10-16(11-9-15)22-19(25)13-27-18-7-5-6-17(12-18)23-20(26)21(2,3)4/h5-12H,13H2,1-4H3,(H,22,25)(H,23,26). The number of nitrogens with one attached hydrogen (secondary N) is 2. The topological polar surface area (TPSA) is 84.5 Å². The van der Waals surface area contributed by atoms with Gasteiger partial charge in [0.15, 0.2) is 12.4 Å². The summed E-state index contributed by atoms with van der Waals surface area (Å²) in [6, 6.07) is 13.5. The van der Waals surface area contributed by atoms with Gasteiger partial charge in [-0.3, -0.25) is 14.4 Å². The molecule has 0 saturated heterocycles. The second-order valence-corrected chi connectivity index (χ2v) is 7.20. The third-order valence-electron chi connectivity index (χ3n) is 3.72. The summed E-state index contributed by atoms with van der Waals surface area (Å²) in [6.45, 7) is 6.80. The first-order chi connectivity index (χ1) is 12.6. The molecule has 27 heavy (non-hydrogen) atoms. The molecule has 0 saturated carbocycles. The fraction of sp³-hybridized carbons (Fsp3) is 0.286. The van der Waals surface area contributed by atoms with Crippen LogP contribution in [0.4, 0.5) is 11.4 Å². The zero-order valence-corrected chi connectivity index (χ0v) is 16.0. The number of carbonyl (C=O) groups excluding carboxylic acids is 3. The molecule has 2 aromatic carbocycles. The van der Waals surface area contributed by atoms with Crippen LogP contribution in [-0.4, -0.2) is 24.2 Å². The van der Waals surface area contributed by atoms with Crippen molar-refractivity contribution in [3.8, 4) is 5.75 Å². The van der Waals surface area contributed by atoms with E-state index in [1.807, 2.05) is 20.8 Å². The van der Waals surface area contributed by atoms with Gasteiger partial charge in [-0.2, -0.15) is 0 Å². The van der Waals surface area contributed by atoms with Crippen molar-refractivity contribution >= 4 is 29.0 Å². The normalized spacial score (nSPS) is 10.8. The molecule has 0 aromatic heterocycles. The van der Waals surface area contributed by atoms with Gasteiger partial charge < -0.3 is 15.4 Å². The lowest BCUT2D eigenvalue weighted by molar-refractivity contribution is -0.123. The Labute approximate surface area is 158 Å². The van der Waals surface area contributed by atoms with Crippen LogP contribution in [0.1, 0.15) is 38.1 Å². The number of Topliss-reactive ketones (excluding diaryl/α,β-unsaturated/α-hetero) is 1. The Morgan fingerprint density at radius 1 is 0.926 bits per heavy atom. The lowest BCUT2D eigenvalue weighted by Crippen LogP contribution is -2.27. The smallest absolute Gasteiger partial charge is 0.262 e. The molecule has 0 atom stereocenters. The molecule has 0 aliphatic carbocycles. The van der Waals surface area contributed by atoms with Gasteiger partial charge >= 0.3 is 0 Å². The van der Waals surface area contributed by atoms with Crippen molar-refractivity contribution in [2.24, 2.45) is 5.41 Å². The van der Waals surface area contributed by atoms with E-state index in [9.17, 15) is 14.4 Å². The van der Waals surface area contributed by atoms with Gasteiger partial charge in [0.25, 0.3) is 5.91 Å². The Balaban J connectivity index is 1.90. The van der Waals surface area contributed by atoms with E-state index in [0.29, 0.717) is 22.7 Å². The van der Waals surface area contributed by atoms with E-state index >= 15 is 0 Å². The molecule has 0 aliphatic heterocycles. The number of amides is 2. The van der Waals surface area contributed by atoms with Crippen molar-refractivity contribution in [3.05, 3.63) is 54.1 Å². The third kappa shape index (κ3) is 6.26. The van der Waals surface area contributed by atoms with E-state index < -0.39 is 5.41 Å². The van der Waals surface area contributed by atoms with E-state index in [1.54, 1.807) is 48.5 Å². The third-order valence-corrected chi connectivity index (χ3v) is 3.72. The van der Waals surface area contributed by atoms with Crippen LogP contribution in [0.2, 0.25) is 0 Å². The van der Waals surface area contributed by atoms with Crippen molar-refractivity contribution in [2.75, 3.05) is 17.2 Å². The van der Waals surface area contributed by atoms with E-state index in [1.165, 1.54) is 6.92 Å². The highest BCUT2D eigenvalue weighted by Gasteiger charge is 2.21. The maximum atomic E-state index is 12.0. The first kappa shape index (κ1) is 20.2. The average molecular weight is 368 g/mol. The molecule has 2 aromatic rings. The van der Waals surface area contributed by atoms with Crippen LogP contribution in [0.5, 0.6) is 5.75 Å². The average Bonchev–Trinajstić information content (AvgIpc) is 2.60. The lowest BCUT2D eigenvalue weighted by atomic mass is 9.95. The number of ether oxygens (including phenoxy) is 1. The molecular formula is C21H24N2O4. The second-order valence-electron chi connectivity index (χ2n) is 7.20. The second kappa shape index (κ2) is 8.49. The van der Waals surface area contributed by atoms with Crippen LogP contribution in [0.15, 0.2) is 48.5 Å². The van der Waals surface area contributed by atoms with E-state index in [2.05, 4.69) is 10.6 Å². The molecule has 2 N–H and O–H groups in total. The van der Waals surface area contributed by atoms with Crippen LogP contribution in [-0.2, 0) is 9.59 Å². The summed E-state index contributed by atoms with van der Waals surface area (Å²) in [7, 11) is 0. The van der Waals surface area contributed by atoms with Crippen LogP contribution in [0.25, 0.3) is 0 Å². The van der Waals surface area contributed by atoms with Crippen LogP contribution in [0.3, 0.4) is 0 Å². The van der Waals surface area contributed by atoms with Crippen LogP contribution in [0, 0.1) is 5.41 Å². The molecular weight excluding hydrogens is 344 g/mol. The number of benzene rings is 2.